The SMILES string of the molecule is c1ccc2c([SiH2]n3c4ccccc4c4ccccc43)cccc2c1. The van der Waals surface area contributed by atoms with Crippen molar-refractivity contribution in [3.63, 3.8) is 0 Å². The first kappa shape index (κ1) is 13.6. The maximum absolute atomic E-state index is 2.58. The molecule has 1 nitrogen and oxygen atoms in total. The lowest BCUT2D eigenvalue weighted by molar-refractivity contribution is 1.37. The van der Waals surface area contributed by atoms with E-state index in [-0.39, 0.29) is 0 Å². The predicted molar refractivity (Wildman–Crippen MR) is 107 cm³/mol. The van der Waals surface area contributed by atoms with E-state index in [1.54, 1.807) is 0 Å². The molecule has 0 amide bonds. The van der Waals surface area contributed by atoms with Crippen LogP contribution in [-0.2, 0) is 0 Å². The number of fused-ring (bicyclic) bond motifs is 4. The predicted octanol–water partition coefficient (Wildman–Crippen LogP) is 4.21. The van der Waals surface area contributed by atoms with Crippen molar-refractivity contribution in [3.05, 3.63) is 91.0 Å². The number of hydrogen-bond acceptors (Lipinski definition) is 0. The molecule has 0 saturated heterocycles. The molecule has 2 heteroatoms. The van der Waals surface area contributed by atoms with Crippen LogP contribution in [-0.4, -0.2) is 13.9 Å². The Balaban J connectivity index is 1.79. The van der Waals surface area contributed by atoms with Crippen LogP contribution >= 0.6 is 0 Å². The van der Waals surface area contributed by atoms with Gasteiger partial charge in [-0.2, -0.15) is 0 Å². The van der Waals surface area contributed by atoms with Crippen LogP contribution in [0.2, 0.25) is 0 Å². The molecule has 4 aromatic carbocycles. The highest BCUT2D eigenvalue weighted by Gasteiger charge is 2.11. The fraction of sp³-hybridized carbons (Fsp3) is 0. The number of nitrogens with zero attached hydrogens (tertiary/aromatic N) is 1. The van der Waals surface area contributed by atoms with Crippen molar-refractivity contribution in [1.29, 1.82) is 0 Å². The van der Waals surface area contributed by atoms with E-state index in [1.807, 2.05) is 0 Å². The van der Waals surface area contributed by atoms with Gasteiger partial charge in [0.25, 0.3) is 0 Å². The standard InChI is InChI=1S/C22H17NSi/c1-2-10-17-16(8-1)9-7-15-22(17)24-23-20-13-5-3-11-18(20)19-12-4-6-14-21(19)23/h1-15H,24H2. The summed E-state index contributed by atoms with van der Waals surface area (Å²) in [5.74, 6) is 0. The largest absolute Gasteiger partial charge is 0.369 e. The monoisotopic (exact) mass is 323 g/mol. The zero-order valence-electron chi connectivity index (χ0n) is 13.3. The normalized spacial score (nSPS) is 12.0. The lowest BCUT2D eigenvalue weighted by Gasteiger charge is -2.10. The lowest BCUT2D eigenvalue weighted by Crippen LogP contribution is -2.22. The molecule has 0 fully saturated rings. The lowest BCUT2D eigenvalue weighted by atomic mass is 10.1. The van der Waals surface area contributed by atoms with Crippen LogP contribution in [0.15, 0.2) is 91.0 Å². The highest BCUT2D eigenvalue weighted by atomic mass is 28.2. The van der Waals surface area contributed by atoms with Crippen molar-refractivity contribution in [2.45, 2.75) is 0 Å². The molecule has 114 valence electrons. The van der Waals surface area contributed by atoms with Gasteiger partial charge in [0.2, 0.25) is 0 Å². The summed E-state index contributed by atoms with van der Waals surface area (Å²) in [6.45, 7) is 0. The molecule has 0 saturated carbocycles. The van der Waals surface area contributed by atoms with Gasteiger partial charge in [-0.15, -0.1) is 0 Å². The quantitative estimate of drug-likeness (QED) is 0.429. The summed E-state index contributed by atoms with van der Waals surface area (Å²) in [6, 6.07) is 33.0. The highest BCUT2D eigenvalue weighted by molar-refractivity contribution is 6.58. The second-order valence-electron chi connectivity index (χ2n) is 6.26. The van der Waals surface area contributed by atoms with Crippen LogP contribution in [0.5, 0.6) is 0 Å². The molecule has 24 heavy (non-hydrogen) atoms. The van der Waals surface area contributed by atoms with Crippen LogP contribution in [0.1, 0.15) is 0 Å². The van der Waals surface area contributed by atoms with E-state index in [2.05, 4.69) is 95.2 Å². The molecule has 5 rings (SSSR count). The molecule has 1 heterocycles. The van der Waals surface area contributed by atoms with Crippen molar-refractivity contribution in [1.82, 2.24) is 4.23 Å². The van der Waals surface area contributed by atoms with E-state index in [1.165, 1.54) is 37.8 Å². The minimum atomic E-state index is -0.641. The Labute approximate surface area is 143 Å². The summed E-state index contributed by atoms with van der Waals surface area (Å²) in [7, 11) is -0.641. The average molecular weight is 323 g/mol. The third-order valence-corrected chi connectivity index (χ3v) is 6.84. The van der Waals surface area contributed by atoms with Crippen molar-refractivity contribution in [2.24, 2.45) is 0 Å². The van der Waals surface area contributed by atoms with Gasteiger partial charge in [0.05, 0.1) is 0 Å². The van der Waals surface area contributed by atoms with Crippen LogP contribution in [0.4, 0.5) is 0 Å². The Morgan fingerprint density at radius 1 is 0.500 bits per heavy atom. The number of rotatable bonds is 2. The zero-order valence-corrected chi connectivity index (χ0v) is 14.7. The van der Waals surface area contributed by atoms with E-state index < -0.39 is 9.68 Å². The molecular formula is C22H17NSi. The molecule has 0 aliphatic heterocycles. The van der Waals surface area contributed by atoms with E-state index >= 15 is 0 Å². The van der Waals surface area contributed by atoms with Gasteiger partial charge in [0, 0.05) is 21.8 Å². The number of hydrogen-bond donors (Lipinski definition) is 0. The molecule has 0 bridgehead atoms. The third-order valence-electron chi connectivity index (χ3n) is 4.89. The van der Waals surface area contributed by atoms with E-state index in [0.29, 0.717) is 0 Å². The van der Waals surface area contributed by atoms with E-state index in [9.17, 15) is 0 Å². The van der Waals surface area contributed by atoms with Crippen LogP contribution in [0, 0.1) is 0 Å². The first-order chi connectivity index (χ1) is 11.9. The summed E-state index contributed by atoms with van der Waals surface area (Å²) in [5, 5.41) is 6.96. The Morgan fingerprint density at radius 3 is 1.75 bits per heavy atom. The number of benzene rings is 4. The second-order valence-corrected chi connectivity index (χ2v) is 7.97. The van der Waals surface area contributed by atoms with Gasteiger partial charge in [0.1, 0.15) is 0 Å². The highest BCUT2D eigenvalue weighted by Crippen LogP contribution is 2.27. The minimum absolute atomic E-state index is 0.641. The molecule has 0 atom stereocenters. The second kappa shape index (κ2) is 5.36. The molecule has 0 aliphatic rings. The molecule has 1 aromatic heterocycles. The summed E-state index contributed by atoms with van der Waals surface area (Å²) in [4.78, 5) is 0. The summed E-state index contributed by atoms with van der Waals surface area (Å²) >= 11 is 0. The van der Waals surface area contributed by atoms with Gasteiger partial charge in [0.15, 0.2) is 9.68 Å². The van der Waals surface area contributed by atoms with Crippen LogP contribution in [0.25, 0.3) is 32.6 Å². The molecule has 0 aliphatic carbocycles. The minimum Gasteiger partial charge on any atom is -0.369 e. The summed E-state index contributed by atoms with van der Waals surface area (Å²) < 4.78 is 2.58. The Morgan fingerprint density at radius 2 is 1.04 bits per heavy atom. The topological polar surface area (TPSA) is 4.93 Å². The molecule has 0 radical (unpaired) electrons. The van der Waals surface area contributed by atoms with Gasteiger partial charge in [-0.3, -0.25) is 0 Å². The van der Waals surface area contributed by atoms with Crippen LogP contribution < -0.4 is 5.19 Å². The van der Waals surface area contributed by atoms with Crippen LogP contribution in [0.3, 0.4) is 0 Å². The first-order valence-corrected chi connectivity index (χ1v) is 9.68. The van der Waals surface area contributed by atoms with E-state index in [4.69, 9.17) is 0 Å². The molecule has 0 spiro atoms. The fourth-order valence-corrected chi connectivity index (χ4v) is 5.74. The maximum atomic E-state index is 2.58. The third kappa shape index (κ3) is 2.00. The van der Waals surface area contributed by atoms with Gasteiger partial charge in [-0.25, -0.2) is 0 Å². The maximum Gasteiger partial charge on any atom is 0.162 e. The van der Waals surface area contributed by atoms with Gasteiger partial charge in [-0.1, -0.05) is 78.9 Å². The fourth-order valence-electron chi connectivity index (χ4n) is 3.77. The van der Waals surface area contributed by atoms with Crippen molar-refractivity contribution in [3.8, 4) is 0 Å². The molecule has 5 aromatic rings. The summed E-state index contributed by atoms with van der Waals surface area (Å²) in [6.07, 6.45) is 0. The Kier molecular flexibility index (Phi) is 3.03. The molecular weight excluding hydrogens is 306 g/mol. The first-order valence-electron chi connectivity index (χ1n) is 8.34. The average Bonchev–Trinajstić information content (AvgIpc) is 2.97. The van der Waals surface area contributed by atoms with Gasteiger partial charge < -0.3 is 4.23 Å². The smallest absolute Gasteiger partial charge is 0.162 e. The number of para-hydroxylation sites is 2. The van der Waals surface area contributed by atoms with Crippen molar-refractivity contribution < 1.29 is 0 Å². The zero-order chi connectivity index (χ0) is 15.9. The molecule has 0 unspecified atom stereocenters. The number of aromatic nitrogens is 1. The summed E-state index contributed by atoms with van der Waals surface area (Å²) in [5.41, 5.74) is 2.72. The van der Waals surface area contributed by atoms with Gasteiger partial charge in [-0.05, 0) is 28.1 Å². The van der Waals surface area contributed by atoms with Gasteiger partial charge >= 0.3 is 0 Å². The Bertz CT molecular complexity index is 1130. The molecule has 0 N–H and O–H groups in total. The van der Waals surface area contributed by atoms with Crippen molar-refractivity contribution in [2.75, 3.05) is 0 Å². The van der Waals surface area contributed by atoms with E-state index in [0.717, 1.165) is 0 Å². The Hall–Kier alpha value is -2.84. The van der Waals surface area contributed by atoms with Crippen molar-refractivity contribution >= 4 is 47.4 Å².